The highest BCUT2D eigenvalue weighted by Crippen LogP contribution is 2.20. The van der Waals surface area contributed by atoms with E-state index in [4.69, 9.17) is 4.74 Å². The number of hydrogen-bond donors (Lipinski definition) is 1. The average Bonchev–Trinajstić information content (AvgIpc) is 2.19. The first-order chi connectivity index (χ1) is 7.53. The van der Waals surface area contributed by atoms with Gasteiger partial charge in [0.25, 0.3) is 0 Å². The Bertz CT molecular complexity index is 431. The van der Waals surface area contributed by atoms with Gasteiger partial charge in [0.15, 0.2) is 11.6 Å². The molecule has 0 aliphatic rings. The number of rotatable bonds is 6. The monoisotopic (exact) mass is 244 g/mol. The van der Waals surface area contributed by atoms with Gasteiger partial charge in [0, 0.05) is 19.0 Å². The van der Waals surface area contributed by atoms with Gasteiger partial charge in [-0.05, 0) is 19.1 Å². The van der Waals surface area contributed by atoms with Gasteiger partial charge in [-0.3, -0.25) is 0 Å². The maximum absolute atomic E-state index is 10.9. The van der Waals surface area contributed by atoms with E-state index in [1.807, 2.05) is 6.92 Å². The number of pyridine rings is 1. The van der Waals surface area contributed by atoms with Gasteiger partial charge in [-0.15, -0.1) is 0 Å². The maximum atomic E-state index is 10.9. The lowest BCUT2D eigenvalue weighted by atomic mass is 10.4. The van der Waals surface area contributed by atoms with Crippen molar-refractivity contribution in [2.75, 3.05) is 30.5 Å². The topological polar surface area (TPSA) is 68.3 Å². The van der Waals surface area contributed by atoms with E-state index in [1.54, 1.807) is 18.3 Å². The van der Waals surface area contributed by atoms with Gasteiger partial charge in [0.2, 0.25) is 0 Å². The Morgan fingerprint density at radius 3 is 2.88 bits per heavy atom. The molecule has 0 atom stereocenters. The molecular formula is C10H16N2O3S. The highest BCUT2D eigenvalue weighted by atomic mass is 32.2. The van der Waals surface area contributed by atoms with Crippen LogP contribution < -0.4 is 10.1 Å². The SMILES string of the molecule is CCOc1cccnc1NCCS(C)(=O)=O. The second kappa shape index (κ2) is 5.69. The van der Waals surface area contributed by atoms with Crippen LogP contribution in [0.1, 0.15) is 6.92 Å². The first-order valence-electron chi connectivity index (χ1n) is 5.02. The summed E-state index contributed by atoms with van der Waals surface area (Å²) in [7, 11) is -2.95. The van der Waals surface area contributed by atoms with Crippen LogP contribution in [0.15, 0.2) is 18.3 Å². The van der Waals surface area contributed by atoms with Gasteiger partial charge in [0.05, 0.1) is 12.4 Å². The van der Waals surface area contributed by atoms with Gasteiger partial charge in [0.1, 0.15) is 9.84 Å². The van der Waals surface area contributed by atoms with Gasteiger partial charge in [-0.2, -0.15) is 0 Å². The molecule has 1 aromatic heterocycles. The van der Waals surface area contributed by atoms with Crippen molar-refractivity contribution in [1.82, 2.24) is 4.98 Å². The first-order valence-corrected chi connectivity index (χ1v) is 7.08. The van der Waals surface area contributed by atoms with Crippen LogP contribution in [0, 0.1) is 0 Å². The molecule has 0 aliphatic carbocycles. The molecule has 0 amide bonds. The summed E-state index contributed by atoms with van der Waals surface area (Å²) in [6.45, 7) is 2.76. The number of ether oxygens (including phenoxy) is 1. The second-order valence-electron chi connectivity index (χ2n) is 3.34. The summed E-state index contributed by atoms with van der Waals surface area (Å²) in [4.78, 5) is 4.09. The van der Waals surface area contributed by atoms with Gasteiger partial charge in [-0.25, -0.2) is 13.4 Å². The Balaban J connectivity index is 2.59. The third-order valence-electron chi connectivity index (χ3n) is 1.84. The summed E-state index contributed by atoms with van der Waals surface area (Å²) in [6.07, 6.45) is 2.84. The van der Waals surface area contributed by atoms with E-state index in [0.717, 1.165) is 0 Å². The zero-order valence-electron chi connectivity index (χ0n) is 9.43. The minimum absolute atomic E-state index is 0.0785. The summed E-state index contributed by atoms with van der Waals surface area (Å²) < 4.78 is 27.2. The van der Waals surface area contributed by atoms with E-state index in [1.165, 1.54) is 6.26 Å². The lowest BCUT2D eigenvalue weighted by molar-refractivity contribution is 0.340. The van der Waals surface area contributed by atoms with Crippen LogP contribution in [0.25, 0.3) is 0 Å². The summed E-state index contributed by atoms with van der Waals surface area (Å²) in [5.41, 5.74) is 0. The Morgan fingerprint density at radius 1 is 1.50 bits per heavy atom. The fraction of sp³-hybridized carbons (Fsp3) is 0.500. The fourth-order valence-corrected chi connectivity index (χ4v) is 1.62. The molecule has 0 spiro atoms. The highest BCUT2D eigenvalue weighted by molar-refractivity contribution is 7.90. The molecule has 16 heavy (non-hydrogen) atoms. The summed E-state index contributed by atoms with van der Waals surface area (Å²) in [6, 6.07) is 3.56. The zero-order valence-corrected chi connectivity index (χ0v) is 10.3. The van der Waals surface area contributed by atoms with Crippen molar-refractivity contribution in [1.29, 1.82) is 0 Å². The van der Waals surface area contributed by atoms with Crippen LogP contribution in [0.2, 0.25) is 0 Å². The molecule has 1 aromatic rings. The lowest BCUT2D eigenvalue weighted by Crippen LogP contribution is -2.15. The molecule has 0 radical (unpaired) electrons. The van der Waals surface area contributed by atoms with E-state index in [9.17, 15) is 8.42 Å². The Morgan fingerprint density at radius 2 is 2.25 bits per heavy atom. The molecule has 1 N–H and O–H groups in total. The van der Waals surface area contributed by atoms with Gasteiger partial charge < -0.3 is 10.1 Å². The smallest absolute Gasteiger partial charge is 0.168 e. The summed E-state index contributed by atoms with van der Waals surface area (Å²) >= 11 is 0. The number of nitrogens with one attached hydrogen (secondary N) is 1. The normalized spacial score (nSPS) is 11.1. The molecule has 5 nitrogen and oxygen atoms in total. The van der Waals surface area contributed by atoms with E-state index in [0.29, 0.717) is 24.7 Å². The number of sulfone groups is 1. The lowest BCUT2D eigenvalue weighted by Gasteiger charge is -2.10. The van der Waals surface area contributed by atoms with E-state index in [-0.39, 0.29) is 5.75 Å². The second-order valence-corrected chi connectivity index (χ2v) is 5.60. The molecule has 0 saturated heterocycles. The molecule has 6 heteroatoms. The third kappa shape index (κ3) is 4.48. The predicted octanol–water partition coefficient (Wildman–Crippen LogP) is 0.937. The molecule has 90 valence electrons. The van der Waals surface area contributed by atoms with E-state index >= 15 is 0 Å². The molecule has 0 bridgehead atoms. The Hall–Kier alpha value is -1.30. The molecule has 1 rings (SSSR count). The van der Waals surface area contributed by atoms with Crippen LogP contribution in [-0.4, -0.2) is 38.6 Å². The average molecular weight is 244 g/mol. The molecular weight excluding hydrogens is 228 g/mol. The van der Waals surface area contributed by atoms with Crippen molar-refractivity contribution in [2.45, 2.75) is 6.92 Å². The standard InChI is InChI=1S/C10H16N2O3S/c1-3-15-9-5-4-6-11-10(9)12-7-8-16(2,13)14/h4-6H,3,7-8H2,1-2H3,(H,11,12). The van der Waals surface area contributed by atoms with Crippen LogP contribution in [-0.2, 0) is 9.84 Å². The molecule has 0 saturated carbocycles. The maximum Gasteiger partial charge on any atom is 0.168 e. The molecule has 0 unspecified atom stereocenters. The number of nitrogens with zero attached hydrogens (tertiary/aromatic N) is 1. The quantitative estimate of drug-likeness (QED) is 0.806. The molecule has 1 heterocycles. The van der Waals surface area contributed by atoms with Crippen molar-refractivity contribution in [3.8, 4) is 5.75 Å². The van der Waals surface area contributed by atoms with Crippen LogP contribution >= 0.6 is 0 Å². The predicted molar refractivity (Wildman–Crippen MR) is 63.6 cm³/mol. The van der Waals surface area contributed by atoms with Crippen LogP contribution in [0.4, 0.5) is 5.82 Å². The van der Waals surface area contributed by atoms with Gasteiger partial charge >= 0.3 is 0 Å². The van der Waals surface area contributed by atoms with E-state index < -0.39 is 9.84 Å². The highest BCUT2D eigenvalue weighted by Gasteiger charge is 2.05. The minimum atomic E-state index is -2.95. The van der Waals surface area contributed by atoms with Crippen LogP contribution in [0.5, 0.6) is 5.75 Å². The van der Waals surface area contributed by atoms with Crippen molar-refractivity contribution in [3.05, 3.63) is 18.3 Å². The van der Waals surface area contributed by atoms with Crippen molar-refractivity contribution < 1.29 is 13.2 Å². The Labute approximate surface area is 95.8 Å². The molecule has 0 fully saturated rings. The summed E-state index contributed by atoms with van der Waals surface area (Å²) in [5, 5.41) is 2.94. The largest absolute Gasteiger partial charge is 0.490 e. The number of anilines is 1. The fourth-order valence-electron chi connectivity index (χ4n) is 1.15. The zero-order chi connectivity index (χ0) is 12.0. The molecule has 0 aliphatic heterocycles. The van der Waals surface area contributed by atoms with Crippen molar-refractivity contribution in [2.24, 2.45) is 0 Å². The summed E-state index contributed by atoms with van der Waals surface area (Å²) in [5.74, 6) is 1.29. The van der Waals surface area contributed by atoms with Crippen molar-refractivity contribution in [3.63, 3.8) is 0 Å². The number of aromatic nitrogens is 1. The number of hydrogen-bond acceptors (Lipinski definition) is 5. The molecule has 0 aromatic carbocycles. The minimum Gasteiger partial charge on any atom is -0.490 e. The first kappa shape index (κ1) is 12.8. The third-order valence-corrected chi connectivity index (χ3v) is 2.78. The van der Waals surface area contributed by atoms with Gasteiger partial charge in [-0.1, -0.05) is 0 Å². The van der Waals surface area contributed by atoms with E-state index in [2.05, 4.69) is 10.3 Å². The van der Waals surface area contributed by atoms with Crippen molar-refractivity contribution >= 4 is 15.7 Å². The Kier molecular flexibility index (Phi) is 4.54. The van der Waals surface area contributed by atoms with Crippen LogP contribution in [0.3, 0.4) is 0 Å².